The lowest BCUT2D eigenvalue weighted by Crippen LogP contribution is -2.06. The number of hydrogen-bond donors (Lipinski definition) is 2. The lowest BCUT2D eigenvalue weighted by molar-refractivity contribution is 0.326. The quantitative estimate of drug-likeness (QED) is 0.829. The van der Waals surface area contributed by atoms with Crippen molar-refractivity contribution in [2.45, 2.75) is 13.5 Å². The van der Waals surface area contributed by atoms with Crippen molar-refractivity contribution in [2.24, 2.45) is 0 Å². The van der Waals surface area contributed by atoms with Gasteiger partial charge in [0.2, 0.25) is 5.88 Å². The minimum Gasteiger partial charge on any atom is -0.478 e. The van der Waals surface area contributed by atoms with Gasteiger partial charge in [0.15, 0.2) is 0 Å². The molecule has 0 saturated heterocycles. The molecule has 2 aromatic rings. The maximum Gasteiger partial charge on any atom is 0.218 e. The number of nitrogen functional groups attached to an aromatic ring is 1. The Morgan fingerprint density at radius 1 is 1.33 bits per heavy atom. The topological polar surface area (TPSA) is 86.0 Å². The first-order valence-electron chi connectivity index (χ1n) is 5.67. The molecule has 2 aromatic heterocycles. The lowest BCUT2D eigenvalue weighted by Gasteiger charge is -2.08. The summed E-state index contributed by atoms with van der Waals surface area (Å²) < 4.78 is 5.29. The van der Waals surface area contributed by atoms with Crippen LogP contribution >= 0.6 is 0 Å². The Morgan fingerprint density at radius 3 is 3.00 bits per heavy atom. The van der Waals surface area contributed by atoms with E-state index in [0.717, 1.165) is 5.56 Å². The number of anilines is 2. The third kappa shape index (κ3) is 3.07. The molecule has 2 heterocycles. The molecule has 6 nitrogen and oxygen atoms in total. The van der Waals surface area contributed by atoms with Crippen LogP contribution in [0.25, 0.3) is 0 Å². The second-order valence-corrected chi connectivity index (χ2v) is 3.58. The zero-order valence-electron chi connectivity index (χ0n) is 10.1. The van der Waals surface area contributed by atoms with E-state index in [1.54, 1.807) is 12.3 Å². The van der Waals surface area contributed by atoms with Crippen molar-refractivity contribution in [3.63, 3.8) is 0 Å². The van der Waals surface area contributed by atoms with Crippen molar-refractivity contribution in [1.29, 1.82) is 0 Å². The van der Waals surface area contributed by atoms with Crippen LogP contribution in [0, 0.1) is 0 Å². The van der Waals surface area contributed by atoms with Gasteiger partial charge < -0.3 is 15.8 Å². The third-order valence-electron chi connectivity index (χ3n) is 2.32. The molecule has 2 rings (SSSR count). The molecule has 0 aromatic carbocycles. The summed E-state index contributed by atoms with van der Waals surface area (Å²) in [5, 5.41) is 3.15. The molecule has 0 fully saturated rings. The van der Waals surface area contributed by atoms with E-state index in [4.69, 9.17) is 10.5 Å². The van der Waals surface area contributed by atoms with Crippen molar-refractivity contribution < 1.29 is 4.74 Å². The van der Waals surface area contributed by atoms with Gasteiger partial charge in [-0.25, -0.2) is 15.0 Å². The van der Waals surface area contributed by atoms with Crippen LogP contribution < -0.4 is 15.8 Å². The molecule has 0 unspecified atom stereocenters. The summed E-state index contributed by atoms with van der Waals surface area (Å²) >= 11 is 0. The average Bonchev–Trinajstić information content (AvgIpc) is 2.39. The molecule has 3 N–H and O–H groups in total. The van der Waals surface area contributed by atoms with Gasteiger partial charge >= 0.3 is 0 Å². The molecular weight excluding hydrogens is 230 g/mol. The maximum atomic E-state index is 5.75. The molecule has 0 aliphatic heterocycles. The van der Waals surface area contributed by atoms with Gasteiger partial charge in [-0.2, -0.15) is 0 Å². The Hall–Kier alpha value is -2.37. The van der Waals surface area contributed by atoms with Crippen molar-refractivity contribution in [1.82, 2.24) is 15.0 Å². The monoisotopic (exact) mass is 245 g/mol. The Balaban J connectivity index is 2.02. The molecule has 0 saturated carbocycles. The minimum absolute atomic E-state index is 0.518. The maximum absolute atomic E-state index is 5.75. The fraction of sp³-hybridized carbons (Fsp3) is 0.250. The number of nitrogens with zero attached hydrogens (tertiary/aromatic N) is 3. The zero-order chi connectivity index (χ0) is 12.8. The van der Waals surface area contributed by atoms with E-state index in [9.17, 15) is 0 Å². The molecule has 6 heteroatoms. The summed E-state index contributed by atoms with van der Waals surface area (Å²) in [6, 6.07) is 5.51. The predicted octanol–water partition coefficient (Wildman–Crippen LogP) is 1.46. The molecule has 0 radical (unpaired) electrons. The van der Waals surface area contributed by atoms with E-state index in [2.05, 4.69) is 20.3 Å². The van der Waals surface area contributed by atoms with Gasteiger partial charge in [0.05, 0.1) is 6.61 Å². The third-order valence-corrected chi connectivity index (χ3v) is 2.32. The van der Waals surface area contributed by atoms with Crippen LogP contribution in [-0.4, -0.2) is 21.6 Å². The van der Waals surface area contributed by atoms with Crippen LogP contribution in [0.3, 0.4) is 0 Å². The zero-order valence-corrected chi connectivity index (χ0v) is 10.1. The number of nitrogens with one attached hydrogen (secondary N) is 1. The summed E-state index contributed by atoms with van der Waals surface area (Å²) in [6.45, 7) is 3.04. The van der Waals surface area contributed by atoms with E-state index in [-0.39, 0.29) is 0 Å². The summed E-state index contributed by atoms with van der Waals surface area (Å²) in [6.07, 6.45) is 3.12. The van der Waals surface area contributed by atoms with E-state index >= 15 is 0 Å². The van der Waals surface area contributed by atoms with Gasteiger partial charge in [-0.1, -0.05) is 6.07 Å². The number of ether oxygens (including phenoxy) is 1. The first-order valence-corrected chi connectivity index (χ1v) is 5.67. The van der Waals surface area contributed by atoms with E-state index in [0.29, 0.717) is 30.7 Å². The fourth-order valence-corrected chi connectivity index (χ4v) is 1.45. The highest BCUT2D eigenvalue weighted by Crippen LogP contribution is 2.13. The van der Waals surface area contributed by atoms with Gasteiger partial charge in [-0.05, 0) is 13.0 Å². The summed E-state index contributed by atoms with van der Waals surface area (Å²) in [7, 11) is 0. The highest BCUT2D eigenvalue weighted by atomic mass is 16.5. The Labute approximate surface area is 105 Å². The van der Waals surface area contributed by atoms with Gasteiger partial charge in [-0.15, -0.1) is 0 Å². The number of rotatable bonds is 5. The summed E-state index contributed by atoms with van der Waals surface area (Å²) in [5.74, 6) is 1.76. The first kappa shape index (κ1) is 12.1. The standard InChI is InChI=1S/C12H15N5O/c1-2-18-11-6-10(16-8-17-11)15-7-9-4-3-5-14-12(9)13/h3-6,8H,2,7H2,1H3,(H2,13,14)(H,15,16,17). The summed E-state index contributed by atoms with van der Waals surface area (Å²) in [4.78, 5) is 12.1. The average molecular weight is 245 g/mol. The lowest BCUT2D eigenvalue weighted by atomic mass is 10.2. The van der Waals surface area contributed by atoms with Crippen molar-refractivity contribution in [3.05, 3.63) is 36.3 Å². The van der Waals surface area contributed by atoms with Gasteiger partial charge in [0.1, 0.15) is 18.0 Å². The van der Waals surface area contributed by atoms with Crippen LogP contribution in [0.2, 0.25) is 0 Å². The molecular formula is C12H15N5O. The molecule has 0 atom stereocenters. The molecule has 0 bridgehead atoms. The van der Waals surface area contributed by atoms with Crippen LogP contribution in [0.4, 0.5) is 11.6 Å². The molecule has 94 valence electrons. The predicted molar refractivity (Wildman–Crippen MR) is 69.2 cm³/mol. The van der Waals surface area contributed by atoms with E-state index < -0.39 is 0 Å². The van der Waals surface area contributed by atoms with Crippen molar-refractivity contribution in [2.75, 3.05) is 17.7 Å². The number of pyridine rings is 1. The SMILES string of the molecule is CCOc1cc(NCc2cccnc2N)ncn1. The largest absolute Gasteiger partial charge is 0.478 e. The summed E-state index contributed by atoms with van der Waals surface area (Å²) in [5.41, 5.74) is 6.68. The Kier molecular flexibility index (Phi) is 3.90. The normalized spacial score (nSPS) is 10.1. The highest BCUT2D eigenvalue weighted by molar-refractivity contribution is 5.43. The van der Waals surface area contributed by atoms with Crippen LogP contribution in [0.1, 0.15) is 12.5 Å². The van der Waals surface area contributed by atoms with Crippen molar-refractivity contribution >= 4 is 11.6 Å². The first-order chi connectivity index (χ1) is 8.79. The van der Waals surface area contributed by atoms with E-state index in [1.807, 2.05) is 19.1 Å². The van der Waals surface area contributed by atoms with Gasteiger partial charge in [0.25, 0.3) is 0 Å². The molecule has 18 heavy (non-hydrogen) atoms. The van der Waals surface area contributed by atoms with Crippen LogP contribution in [-0.2, 0) is 6.54 Å². The second-order valence-electron chi connectivity index (χ2n) is 3.58. The minimum atomic E-state index is 0.518. The van der Waals surface area contributed by atoms with Crippen LogP contribution in [0.5, 0.6) is 5.88 Å². The Bertz CT molecular complexity index is 517. The Morgan fingerprint density at radius 2 is 2.22 bits per heavy atom. The van der Waals surface area contributed by atoms with Gasteiger partial charge in [0, 0.05) is 24.4 Å². The van der Waals surface area contributed by atoms with Crippen molar-refractivity contribution in [3.8, 4) is 5.88 Å². The van der Waals surface area contributed by atoms with E-state index in [1.165, 1.54) is 6.33 Å². The molecule has 0 spiro atoms. The second kappa shape index (κ2) is 5.81. The van der Waals surface area contributed by atoms with Crippen LogP contribution in [0.15, 0.2) is 30.7 Å². The molecule has 0 aliphatic carbocycles. The molecule has 0 aliphatic rings. The number of hydrogen-bond acceptors (Lipinski definition) is 6. The number of aromatic nitrogens is 3. The fourth-order valence-electron chi connectivity index (χ4n) is 1.45. The molecule has 0 amide bonds. The van der Waals surface area contributed by atoms with Gasteiger partial charge in [-0.3, -0.25) is 0 Å². The smallest absolute Gasteiger partial charge is 0.218 e. The number of nitrogens with two attached hydrogens (primary N) is 1. The highest BCUT2D eigenvalue weighted by Gasteiger charge is 2.01.